The standard InChI is InChI=1S/C27H27FN2O3/c1-16-12-22(33-5)13-17(2)26(16)27(31)18(3)14-25-29-23-15-19(28)6-11-24(23)30(25)20-7-9-21(32-4)10-8-20/h6-13,15,18H,14H2,1-5H3/t18-/m1/s1. The maximum Gasteiger partial charge on any atom is 0.166 e. The van der Waals surface area contributed by atoms with Crippen molar-refractivity contribution in [1.82, 2.24) is 9.55 Å². The van der Waals surface area contributed by atoms with E-state index < -0.39 is 0 Å². The van der Waals surface area contributed by atoms with E-state index in [9.17, 15) is 9.18 Å². The number of imidazole rings is 1. The van der Waals surface area contributed by atoms with Crippen LogP contribution in [0.1, 0.15) is 34.2 Å². The second-order valence-corrected chi connectivity index (χ2v) is 8.30. The fraction of sp³-hybridized carbons (Fsp3) is 0.259. The first-order chi connectivity index (χ1) is 15.8. The smallest absolute Gasteiger partial charge is 0.166 e. The molecule has 33 heavy (non-hydrogen) atoms. The molecule has 0 amide bonds. The molecule has 0 spiro atoms. The van der Waals surface area contributed by atoms with Gasteiger partial charge in [-0.2, -0.15) is 0 Å². The molecule has 0 radical (unpaired) electrons. The molecule has 0 N–H and O–H groups in total. The second kappa shape index (κ2) is 9.06. The van der Waals surface area contributed by atoms with Gasteiger partial charge in [-0.05, 0) is 73.5 Å². The number of methoxy groups -OCH3 is 2. The van der Waals surface area contributed by atoms with Crippen molar-refractivity contribution in [2.75, 3.05) is 14.2 Å². The highest BCUT2D eigenvalue weighted by Gasteiger charge is 2.23. The Hall–Kier alpha value is -3.67. The number of ether oxygens (including phenoxy) is 2. The highest BCUT2D eigenvalue weighted by atomic mass is 19.1. The number of rotatable bonds is 7. The quantitative estimate of drug-likeness (QED) is 0.334. The highest BCUT2D eigenvalue weighted by molar-refractivity contribution is 6.00. The van der Waals surface area contributed by atoms with Crippen LogP contribution in [0.15, 0.2) is 54.6 Å². The molecule has 0 aliphatic heterocycles. The van der Waals surface area contributed by atoms with E-state index in [2.05, 4.69) is 0 Å². The van der Waals surface area contributed by atoms with Crippen LogP contribution in [0, 0.1) is 25.6 Å². The Labute approximate surface area is 192 Å². The minimum Gasteiger partial charge on any atom is -0.497 e. The summed E-state index contributed by atoms with van der Waals surface area (Å²) in [5.41, 5.74) is 4.69. The summed E-state index contributed by atoms with van der Waals surface area (Å²) in [4.78, 5) is 18.1. The van der Waals surface area contributed by atoms with Crippen molar-refractivity contribution in [2.45, 2.75) is 27.2 Å². The number of nitrogens with zero attached hydrogens (tertiary/aromatic N) is 2. The molecule has 0 aliphatic rings. The molecule has 0 bridgehead atoms. The van der Waals surface area contributed by atoms with E-state index in [0.29, 0.717) is 23.3 Å². The van der Waals surface area contributed by atoms with Gasteiger partial charge in [0.2, 0.25) is 0 Å². The van der Waals surface area contributed by atoms with Gasteiger partial charge in [-0.3, -0.25) is 9.36 Å². The summed E-state index contributed by atoms with van der Waals surface area (Å²) in [6.07, 6.45) is 0.409. The molecule has 0 saturated heterocycles. The third-order valence-electron chi connectivity index (χ3n) is 5.94. The summed E-state index contributed by atoms with van der Waals surface area (Å²) in [6, 6.07) is 15.9. The minimum atomic E-state index is -0.345. The van der Waals surface area contributed by atoms with Gasteiger partial charge in [-0.1, -0.05) is 6.92 Å². The molecule has 1 atom stereocenters. The lowest BCUT2D eigenvalue weighted by Gasteiger charge is -2.17. The lowest BCUT2D eigenvalue weighted by molar-refractivity contribution is 0.0926. The highest BCUT2D eigenvalue weighted by Crippen LogP contribution is 2.28. The fourth-order valence-electron chi connectivity index (χ4n) is 4.30. The maximum absolute atomic E-state index is 13.9. The monoisotopic (exact) mass is 446 g/mol. The first-order valence-corrected chi connectivity index (χ1v) is 10.8. The Morgan fingerprint density at radius 2 is 1.61 bits per heavy atom. The number of aromatic nitrogens is 2. The maximum atomic E-state index is 13.9. The van der Waals surface area contributed by atoms with Crippen LogP contribution in [-0.2, 0) is 6.42 Å². The van der Waals surface area contributed by atoms with Crippen LogP contribution in [0.25, 0.3) is 16.7 Å². The largest absolute Gasteiger partial charge is 0.497 e. The number of carbonyl (C=O) groups excluding carboxylic acids is 1. The molecule has 1 aromatic heterocycles. The molecule has 1 heterocycles. The van der Waals surface area contributed by atoms with E-state index >= 15 is 0 Å². The van der Waals surface area contributed by atoms with E-state index in [1.807, 2.05) is 61.7 Å². The first-order valence-electron chi connectivity index (χ1n) is 10.8. The van der Waals surface area contributed by atoms with Crippen LogP contribution in [0.3, 0.4) is 0 Å². The molecule has 0 unspecified atom stereocenters. The summed E-state index contributed by atoms with van der Waals surface area (Å²) in [5, 5.41) is 0. The number of hydrogen-bond donors (Lipinski definition) is 0. The normalized spacial score (nSPS) is 12.1. The van der Waals surface area contributed by atoms with Gasteiger partial charge in [0.25, 0.3) is 0 Å². The minimum absolute atomic E-state index is 0.0483. The lowest BCUT2D eigenvalue weighted by atomic mass is 9.90. The zero-order valence-electron chi connectivity index (χ0n) is 19.5. The van der Waals surface area contributed by atoms with Gasteiger partial charge in [0.15, 0.2) is 5.78 Å². The zero-order valence-corrected chi connectivity index (χ0v) is 19.5. The molecule has 0 aliphatic carbocycles. The van der Waals surface area contributed by atoms with Crippen molar-refractivity contribution in [3.05, 3.63) is 82.9 Å². The van der Waals surface area contributed by atoms with E-state index in [1.54, 1.807) is 20.3 Å². The van der Waals surface area contributed by atoms with E-state index in [4.69, 9.17) is 14.5 Å². The van der Waals surface area contributed by atoms with Crippen molar-refractivity contribution >= 4 is 16.8 Å². The molecule has 6 heteroatoms. The number of halogens is 1. The number of benzene rings is 3. The number of aryl methyl sites for hydroxylation is 2. The van der Waals surface area contributed by atoms with Crippen molar-refractivity contribution in [3.63, 3.8) is 0 Å². The van der Waals surface area contributed by atoms with Crippen LogP contribution < -0.4 is 9.47 Å². The van der Waals surface area contributed by atoms with Gasteiger partial charge < -0.3 is 9.47 Å². The molecule has 5 nitrogen and oxygen atoms in total. The van der Waals surface area contributed by atoms with Gasteiger partial charge in [0.05, 0.1) is 25.3 Å². The van der Waals surface area contributed by atoms with E-state index in [0.717, 1.165) is 33.8 Å². The van der Waals surface area contributed by atoms with Crippen molar-refractivity contribution < 1.29 is 18.7 Å². The van der Waals surface area contributed by atoms with Crippen LogP contribution in [0.4, 0.5) is 4.39 Å². The van der Waals surface area contributed by atoms with Crippen molar-refractivity contribution in [3.8, 4) is 17.2 Å². The van der Waals surface area contributed by atoms with Gasteiger partial charge in [0.1, 0.15) is 23.1 Å². The lowest BCUT2D eigenvalue weighted by Crippen LogP contribution is -2.18. The van der Waals surface area contributed by atoms with E-state index in [-0.39, 0.29) is 17.5 Å². The summed E-state index contributed by atoms with van der Waals surface area (Å²) in [7, 11) is 3.23. The third kappa shape index (κ3) is 4.33. The molecule has 0 saturated carbocycles. The summed E-state index contributed by atoms with van der Waals surface area (Å²) >= 11 is 0. The Kier molecular flexibility index (Phi) is 6.18. The number of hydrogen-bond acceptors (Lipinski definition) is 4. The Morgan fingerprint density at radius 3 is 2.21 bits per heavy atom. The SMILES string of the molecule is COc1ccc(-n2c(C[C@@H](C)C(=O)c3c(C)cc(OC)cc3C)nc3cc(F)ccc32)cc1. The third-order valence-corrected chi connectivity index (χ3v) is 5.94. The second-order valence-electron chi connectivity index (χ2n) is 8.30. The Bertz CT molecular complexity index is 1300. The molecule has 3 aromatic carbocycles. The zero-order chi connectivity index (χ0) is 23.7. The molecular formula is C27H27FN2O3. The summed E-state index contributed by atoms with van der Waals surface area (Å²) in [6.45, 7) is 5.75. The summed E-state index contributed by atoms with van der Waals surface area (Å²) in [5.74, 6) is 1.55. The predicted molar refractivity (Wildman–Crippen MR) is 127 cm³/mol. The topological polar surface area (TPSA) is 53.4 Å². The van der Waals surface area contributed by atoms with Crippen molar-refractivity contribution in [1.29, 1.82) is 0 Å². The first kappa shape index (κ1) is 22.5. The Balaban J connectivity index is 1.74. The van der Waals surface area contributed by atoms with Crippen LogP contribution in [0.5, 0.6) is 11.5 Å². The van der Waals surface area contributed by atoms with Gasteiger partial charge in [-0.15, -0.1) is 0 Å². The molecular weight excluding hydrogens is 419 g/mol. The van der Waals surface area contributed by atoms with Crippen LogP contribution in [-0.4, -0.2) is 29.6 Å². The van der Waals surface area contributed by atoms with Gasteiger partial charge in [-0.25, -0.2) is 9.37 Å². The van der Waals surface area contributed by atoms with Crippen molar-refractivity contribution in [2.24, 2.45) is 5.92 Å². The Morgan fingerprint density at radius 1 is 0.970 bits per heavy atom. The summed E-state index contributed by atoms with van der Waals surface area (Å²) < 4.78 is 26.5. The predicted octanol–water partition coefficient (Wildman–Crippen LogP) is 5.86. The average Bonchev–Trinajstić information content (AvgIpc) is 3.15. The number of Topliss-reactive ketones (excluding diaryl/α,β-unsaturated/α-hetero) is 1. The van der Waals surface area contributed by atoms with Crippen LogP contribution in [0.2, 0.25) is 0 Å². The van der Waals surface area contributed by atoms with E-state index in [1.165, 1.54) is 12.1 Å². The molecule has 4 rings (SSSR count). The van der Waals surface area contributed by atoms with Gasteiger partial charge in [0, 0.05) is 29.7 Å². The number of carbonyl (C=O) groups is 1. The van der Waals surface area contributed by atoms with Gasteiger partial charge >= 0.3 is 0 Å². The number of ketones is 1. The molecule has 0 fully saturated rings. The van der Waals surface area contributed by atoms with Crippen LogP contribution >= 0.6 is 0 Å². The average molecular weight is 447 g/mol. The number of fused-ring (bicyclic) bond motifs is 1. The fourth-order valence-corrected chi connectivity index (χ4v) is 4.30. The molecule has 4 aromatic rings. The molecule has 170 valence electrons.